The van der Waals surface area contributed by atoms with E-state index in [0.717, 1.165) is 30.2 Å². The minimum Gasteiger partial charge on any atom is -0.352 e. The van der Waals surface area contributed by atoms with E-state index in [9.17, 15) is 4.79 Å². The summed E-state index contributed by atoms with van der Waals surface area (Å²) in [4.78, 5) is 11.5. The molecule has 0 saturated heterocycles. The van der Waals surface area contributed by atoms with Gasteiger partial charge in [-0.15, -0.1) is 0 Å². The van der Waals surface area contributed by atoms with E-state index in [1.807, 2.05) is 0 Å². The molecule has 0 fully saturated rings. The van der Waals surface area contributed by atoms with E-state index >= 15 is 0 Å². The van der Waals surface area contributed by atoms with Crippen molar-refractivity contribution in [2.75, 3.05) is 5.33 Å². The number of unbranched alkanes of at least 4 members (excludes halogenated alkanes) is 2. The molecule has 0 radical (unpaired) electrons. The molecule has 0 aliphatic rings. The average Bonchev–Trinajstić information content (AvgIpc) is 2.34. The number of alkyl halides is 1. The summed E-state index contributed by atoms with van der Waals surface area (Å²) in [6.45, 7) is 2.70. The van der Waals surface area contributed by atoms with Crippen LogP contribution in [-0.4, -0.2) is 11.2 Å². The van der Waals surface area contributed by atoms with E-state index in [4.69, 9.17) is 0 Å². The highest BCUT2D eigenvalue weighted by atomic mass is 79.9. The number of rotatable bonds is 7. The number of nitrogens with one attached hydrogen (secondary N) is 1. The van der Waals surface area contributed by atoms with Gasteiger partial charge in [0.05, 0.1) is 0 Å². The van der Waals surface area contributed by atoms with Crippen LogP contribution in [0.25, 0.3) is 0 Å². The third-order valence-electron chi connectivity index (χ3n) is 2.65. The maximum absolute atomic E-state index is 11.5. The van der Waals surface area contributed by atoms with Gasteiger partial charge in [-0.05, 0) is 25.3 Å². The van der Waals surface area contributed by atoms with Gasteiger partial charge in [-0.25, -0.2) is 0 Å². The van der Waals surface area contributed by atoms with Crippen LogP contribution in [0.15, 0.2) is 24.3 Å². The van der Waals surface area contributed by atoms with Gasteiger partial charge in [0.2, 0.25) is 5.91 Å². The van der Waals surface area contributed by atoms with Crippen molar-refractivity contribution in [3.63, 3.8) is 0 Å². The zero-order chi connectivity index (χ0) is 12.5. The van der Waals surface area contributed by atoms with Crippen LogP contribution in [0.2, 0.25) is 0 Å². The molecule has 0 spiro atoms. The van der Waals surface area contributed by atoms with Crippen molar-refractivity contribution in [1.82, 2.24) is 5.32 Å². The molecule has 0 unspecified atom stereocenters. The second kappa shape index (κ2) is 8.29. The molecule has 3 heteroatoms. The molecule has 1 aromatic carbocycles. The first-order chi connectivity index (χ1) is 8.22. The average molecular weight is 298 g/mol. The van der Waals surface area contributed by atoms with Crippen LogP contribution in [0, 0.1) is 6.92 Å². The molecule has 0 aliphatic heterocycles. The first kappa shape index (κ1) is 14.2. The monoisotopic (exact) mass is 297 g/mol. The number of hydrogen-bond acceptors (Lipinski definition) is 1. The van der Waals surface area contributed by atoms with Gasteiger partial charge in [-0.1, -0.05) is 52.2 Å². The molecular weight excluding hydrogens is 278 g/mol. The summed E-state index contributed by atoms with van der Waals surface area (Å²) >= 11 is 3.38. The summed E-state index contributed by atoms with van der Waals surface area (Å²) in [6, 6.07) is 8.25. The van der Waals surface area contributed by atoms with Crippen molar-refractivity contribution >= 4 is 21.8 Å². The molecule has 17 heavy (non-hydrogen) atoms. The molecule has 1 amide bonds. The number of aryl methyl sites for hydroxylation is 1. The Labute approximate surface area is 112 Å². The minimum atomic E-state index is 0.153. The summed E-state index contributed by atoms with van der Waals surface area (Å²) in [5, 5.41) is 3.97. The van der Waals surface area contributed by atoms with Crippen molar-refractivity contribution in [2.24, 2.45) is 0 Å². The Hall–Kier alpha value is -0.830. The highest BCUT2D eigenvalue weighted by molar-refractivity contribution is 9.09. The third kappa shape index (κ3) is 6.47. The van der Waals surface area contributed by atoms with Crippen LogP contribution >= 0.6 is 15.9 Å². The highest BCUT2D eigenvalue weighted by Gasteiger charge is 2.00. The normalized spacial score (nSPS) is 10.2. The Bertz CT molecular complexity index is 335. The van der Waals surface area contributed by atoms with E-state index < -0.39 is 0 Å². The van der Waals surface area contributed by atoms with Crippen molar-refractivity contribution in [3.05, 3.63) is 35.4 Å². The molecule has 0 bridgehead atoms. The molecule has 1 rings (SSSR count). The number of amides is 1. The Kier molecular flexibility index (Phi) is 6.94. The SMILES string of the molecule is Cc1ccc(CNC(=O)CCCCCBr)cc1. The fourth-order valence-electron chi connectivity index (χ4n) is 1.55. The van der Waals surface area contributed by atoms with Crippen LogP contribution in [0.3, 0.4) is 0 Å². The molecule has 0 aliphatic carbocycles. The summed E-state index contributed by atoms with van der Waals surface area (Å²) in [5.41, 5.74) is 2.40. The molecule has 0 aromatic heterocycles. The molecule has 1 aromatic rings. The van der Waals surface area contributed by atoms with E-state index in [1.54, 1.807) is 0 Å². The standard InChI is InChI=1S/C14H20BrNO/c1-12-6-8-13(9-7-12)11-16-14(17)5-3-2-4-10-15/h6-9H,2-5,10-11H2,1H3,(H,16,17). The van der Waals surface area contributed by atoms with Crippen LogP contribution in [0.4, 0.5) is 0 Å². The number of hydrogen-bond donors (Lipinski definition) is 1. The predicted molar refractivity (Wildman–Crippen MR) is 75.3 cm³/mol. The fourth-order valence-corrected chi connectivity index (χ4v) is 1.95. The summed E-state index contributed by atoms with van der Waals surface area (Å²) < 4.78 is 0. The van der Waals surface area contributed by atoms with Crippen molar-refractivity contribution in [3.8, 4) is 0 Å². The fraction of sp³-hybridized carbons (Fsp3) is 0.500. The lowest BCUT2D eigenvalue weighted by Gasteiger charge is -2.05. The smallest absolute Gasteiger partial charge is 0.220 e. The minimum absolute atomic E-state index is 0.153. The Morgan fingerprint density at radius 2 is 1.88 bits per heavy atom. The second-order valence-corrected chi connectivity index (χ2v) is 5.05. The van der Waals surface area contributed by atoms with E-state index in [0.29, 0.717) is 13.0 Å². The van der Waals surface area contributed by atoms with Gasteiger partial charge in [0.15, 0.2) is 0 Å². The van der Waals surface area contributed by atoms with Gasteiger partial charge in [-0.2, -0.15) is 0 Å². The van der Waals surface area contributed by atoms with Crippen LogP contribution in [0.5, 0.6) is 0 Å². The van der Waals surface area contributed by atoms with Crippen molar-refractivity contribution in [1.29, 1.82) is 0 Å². The number of benzene rings is 1. The molecule has 1 N–H and O–H groups in total. The molecule has 94 valence electrons. The van der Waals surface area contributed by atoms with Crippen LogP contribution < -0.4 is 5.32 Å². The third-order valence-corrected chi connectivity index (χ3v) is 3.21. The van der Waals surface area contributed by atoms with Gasteiger partial charge >= 0.3 is 0 Å². The van der Waals surface area contributed by atoms with E-state index in [-0.39, 0.29) is 5.91 Å². The van der Waals surface area contributed by atoms with Crippen molar-refractivity contribution < 1.29 is 4.79 Å². The quantitative estimate of drug-likeness (QED) is 0.605. The van der Waals surface area contributed by atoms with Gasteiger partial charge < -0.3 is 5.32 Å². The summed E-state index contributed by atoms with van der Waals surface area (Å²) in [7, 11) is 0. The molecular formula is C14H20BrNO. The number of carbonyl (C=O) groups excluding carboxylic acids is 1. The van der Waals surface area contributed by atoms with Gasteiger partial charge in [0, 0.05) is 18.3 Å². The van der Waals surface area contributed by atoms with E-state index in [2.05, 4.69) is 52.4 Å². The lowest BCUT2D eigenvalue weighted by Crippen LogP contribution is -2.22. The molecule has 2 nitrogen and oxygen atoms in total. The van der Waals surface area contributed by atoms with Crippen molar-refractivity contribution in [2.45, 2.75) is 39.2 Å². The summed E-state index contributed by atoms with van der Waals surface area (Å²) in [5.74, 6) is 0.153. The first-order valence-corrected chi connectivity index (χ1v) is 7.22. The molecule has 0 heterocycles. The zero-order valence-electron chi connectivity index (χ0n) is 10.3. The van der Waals surface area contributed by atoms with Gasteiger partial charge in [0.25, 0.3) is 0 Å². The number of carbonyl (C=O) groups is 1. The largest absolute Gasteiger partial charge is 0.352 e. The summed E-state index contributed by atoms with van der Waals surface area (Å²) in [6.07, 6.45) is 3.87. The Morgan fingerprint density at radius 3 is 2.53 bits per heavy atom. The Balaban J connectivity index is 2.17. The molecule has 0 atom stereocenters. The Morgan fingerprint density at radius 1 is 1.18 bits per heavy atom. The maximum Gasteiger partial charge on any atom is 0.220 e. The first-order valence-electron chi connectivity index (χ1n) is 6.10. The lowest BCUT2D eigenvalue weighted by atomic mass is 10.1. The van der Waals surface area contributed by atoms with Crippen LogP contribution in [-0.2, 0) is 11.3 Å². The number of halogens is 1. The second-order valence-electron chi connectivity index (χ2n) is 4.26. The lowest BCUT2D eigenvalue weighted by molar-refractivity contribution is -0.121. The highest BCUT2D eigenvalue weighted by Crippen LogP contribution is 2.04. The van der Waals surface area contributed by atoms with Gasteiger partial charge in [-0.3, -0.25) is 4.79 Å². The zero-order valence-corrected chi connectivity index (χ0v) is 11.9. The topological polar surface area (TPSA) is 29.1 Å². The predicted octanol–water partition coefficient (Wildman–Crippen LogP) is 3.57. The van der Waals surface area contributed by atoms with E-state index in [1.165, 1.54) is 5.56 Å². The maximum atomic E-state index is 11.5. The van der Waals surface area contributed by atoms with Gasteiger partial charge in [0.1, 0.15) is 0 Å². The molecule has 0 saturated carbocycles. The van der Waals surface area contributed by atoms with Crippen LogP contribution in [0.1, 0.15) is 36.8 Å².